The molecule has 1 saturated carbocycles. The van der Waals surface area contributed by atoms with Crippen LogP contribution in [0.5, 0.6) is 0 Å². The Morgan fingerprint density at radius 1 is 0.909 bits per heavy atom. The second-order valence-corrected chi connectivity index (χ2v) is 7.29. The van der Waals surface area contributed by atoms with Crippen molar-refractivity contribution in [1.29, 1.82) is 0 Å². The quantitative estimate of drug-likeness (QED) is 0.580. The molecule has 22 heavy (non-hydrogen) atoms. The van der Waals surface area contributed by atoms with Crippen molar-refractivity contribution in [3.8, 4) is 11.1 Å². The van der Waals surface area contributed by atoms with Crippen molar-refractivity contribution in [1.82, 2.24) is 0 Å². The van der Waals surface area contributed by atoms with Crippen LogP contribution in [-0.4, -0.2) is 0 Å². The Hall–Kier alpha value is -1.56. The average Bonchev–Trinajstić information content (AvgIpc) is 2.56. The minimum absolute atomic E-state index is 0.590. The zero-order valence-electron chi connectivity index (χ0n) is 14.0. The summed E-state index contributed by atoms with van der Waals surface area (Å²) in [6.07, 6.45) is 8.17. The Bertz CT molecular complexity index is 588. The summed E-state index contributed by atoms with van der Waals surface area (Å²) in [4.78, 5) is 0. The standard InChI is InChI=1S/C22H28/c1-3-15-22(2)16-13-19(14-17-22)21-12-8-7-11-20(21)18-9-5-4-6-10-18/h4-12,19H,3,13-17H2,1-2H3. The summed E-state index contributed by atoms with van der Waals surface area (Å²) in [6, 6.07) is 19.9. The van der Waals surface area contributed by atoms with Gasteiger partial charge in [0, 0.05) is 0 Å². The van der Waals surface area contributed by atoms with Crippen LogP contribution in [0.4, 0.5) is 0 Å². The predicted octanol–water partition coefficient (Wildman–Crippen LogP) is 6.82. The molecule has 0 amide bonds. The Balaban J connectivity index is 1.82. The molecule has 0 saturated heterocycles. The molecule has 2 aromatic carbocycles. The first-order chi connectivity index (χ1) is 10.7. The molecule has 0 spiro atoms. The second kappa shape index (κ2) is 6.69. The Labute approximate surface area is 135 Å². The van der Waals surface area contributed by atoms with Crippen LogP contribution in [0, 0.1) is 5.41 Å². The fourth-order valence-electron chi connectivity index (χ4n) is 4.21. The van der Waals surface area contributed by atoms with Gasteiger partial charge in [0.25, 0.3) is 0 Å². The minimum atomic E-state index is 0.590. The lowest BCUT2D eigenvalue weighted by molar-refractivity contribution is 0.182. The van der Waals surface area contributed by atoms with Crippen LogP contribution in [0.25, 0.3) is 11.1 Å². The van der Waals surface area contributed by atoms with Crippen LogP contribution in [0.2, 0.25) is 0 Å². The second-order valence-electron chi connectivity index (χ2n) is 7.29. The zero-order chi connectivity index (χ0) is 15.4. The number of hydrogen-bond acceptors (Lipinski definition) is 0. The Morgan fingerprint density at radius 2 is 1.55 bits per heavy atom. The van der Waals surface area contributed by atoms with Gasteiger partial charge in [0.15, 0.2) is 0 Å². The first-order valence-electron chi connectivity index (χ1n) is 8.86. The first kappa shape index (κ1) is 15.3. The van der Waals surface area contributed by atoms with Gasteiger partial charge in [-0.2, -0.15) is 0 Å². The molecule has 0 heteroatoms. The molecule has 0 bridgehead atoms. The highest BCUT2D eigenvalue weighted by Gasteiger charge is 2.31. The zero-order valence-corrected chi connectivity index (χ0v) is 14.0. The van der Waals surface area contributed by atoms with E-state index >= 15 is 0 Å². The lowest BCUT2D eigenvalue weighted by atomic mass is 9.67. The van der Waals surface area contributed by atoms with E-state index in [0.717, 1.165) is 5.92 Å². The van der Waals surface area contributed by atoms with Crippen molar-refractivity contribution >= 4 is 0 Å². The van der Waals surface area contributed by atoms with Gasteiger partial charge in [-0.1, -0.05) is 74.9 Å². The number of benzene rings is 2. The molecule has 0 heterocycles. The van der Waals surface area contributed by atoms with Crippen molar-refractivity contribution in [3.05, 3.63) is 60.2 Å². The lowest BCUT2D eigenvalue weighted by Gasteiger charge is -2.38. The molecule has 0 radical (unpaired) electrons. The smallest absolute Gasteiger partial charge is 0.0149 e. The van der Waals surface area contributed by atoms with Gasteiger partial charge in [-0.25, -0.2) is 0 Å². The van der Waals surface area contributed by atoms with E-state index in [4.69, 9.17) is 0 Å². The molecular weight excluding hydrogens is 264 g/mol. The molecule has 1 aliphatic rings. The van der Waals surface area contributed by atoms with Crippen LogP contribution in [-0.2, 0) is 0 Å². The van der Waals surface area contributed by atoms with E-state index in [9.17, 15) is 0 Å². The van der Waals surface area contributed by atoms with Crippen LogP contribution < -0.4 is 0 Å². The fraction of sp³-hybridized carbons (Fsp3) is 0.455. The maximum atomic E-state index is 2.50. The van der Waals surface area contributed by atoms with Gasteiger partial charge in [-0.05, 0) is 60.1 Å². The van der Waals surface area contributed by atoms with E-state index < -0.39 is 0 Å². The molecule has 1 aliphatic carbocycles. The number of hydrogen-bond donors (Lipinski definition) is 0. The summed E-state index contributed by atoms with van der Waals surface area (Å²) in [7, 11) is 0. The summed E-state index contributed by atoms with van der Waals surface area (Å²) in [5.74, 6) is 0.737. The number of rotatable bonds is 4. The van der Waals surface area contributed by atoms with E-state index in [0.29, 0.717) is 5.41 Å². The fourth-order valence-corrected chi connectivity index (χ4v) is 4.21. The molecule has 1 fully saturated rings. The minimum Gasteiger partial charge on any atom is -0.0654 e. The molecule has 0 aliphatic heterocycles. The first-order valence-corrected chi connectivity index (χ1v) is 8.86. The summed E-state index contributed by atoms with van der Waals surface area (Å²) < 4.78 is 0. The molecule has 0 unspecified atom stereocenters. The van der Waals surface area contributed by atoms with Crippen LogP contribution >= 0.6 is 0 Å². The summed E-state index contributed by atoms with van der Waals surface area (Å²) in [5, 5.41) is 0. The van der Waals surface area contributed by atoms with Gasteiger partial charge in [0.2, 0.25) is 0 Å². The highest BCUT2D eigenvalue weighted by atomic mass is 14.4. The van der Waals surface area contributed by atoms with E-state index in [1.807, 2.05) is 0 Å². The highest BCUT2D eigenvalue weighted by Crippen LogP contribution is 2.46. The molecule has 0 N–H and O–H groups in total. The van der Waals surface area contributed by atoms with Gasteiger partial charge in [-0.3, -0.25) is 0 Å². The summed E-state index contributed by atoms with van der Waals surface area (Å²) in [6.45, 7) is 4.82. The third-order valence-electron chi connectivity index (χ3n) is 5.53. The largest absolute Gasteiger partial charge is 0.0654 e. The summed E-state index contributed by atoms with van der Waals surface area (Å²) in [5.41, 5.74) is 4.95. The van der Waals surface area contributed by atoms with Gasteiger partial charge < -0.3 is 0 Å². The average molecular weight is 292 g/mol. The molecule has 2 aromatic rings. The van der Waals surface area contributed by atoms with Crippen LogP contribution in [0.1, 0.15) is 63.9 Å². The highest BCUT2D eigenvalue weighted by molar-refractivity contribution is 5.68. The van der Waals surface area contributed by atoms with E-state index in [-0.39, 0.29) is 0 Å². The summed E-state index contributed by atoms with van der Waals surface area (Å²) >= 11 is 0. The maximum Gasteiger partial charge on any atom is -0.0149 e. The molecule has 0 atom stereocenters. The SMILES string of the molecule is CCCC1(C)CCC(c2ccccc2-c2ccccc2)CC1. The Morgan fingerprint density at radius 3 is 2.23 bits per heavy atom. The monoisotopic (exact) mass is 292 g/mol. The third-order valence-corrected chi connectivity index (χ3v) is 5.53. The van der Waals surface area contributed by atoms with E-state index in [2.05, 4.69) is 68.4 Å². The van der Waals surface area contributed by atoms with Crippen LogP contribution in [0.15, 0.2) is 54.6 Å². The van der Waals surface area contributed by atoms with Crippen molar-refractivity contribution in [3.63, 3.8) is 0 Å². The molecule has 0 aromatic heterocycles. The van der Waals surface area contributed by atoms with Gasteiger partial charge in [0.05, 0.1) is 0 Å². The Kier molecular flexibility index (Phi) is 4.66. The van der Waals surface area contributed by atoms with Crippen molar-refractivity contribution in [2.24, 2.45) is 5.41 Å². The molecular formula is C22H28. The van der Waals surface area contributed by atoms with Crippen molar-refractivity contribution in [2.45, 2.75) is 58.3 Å². The van der Waals surface area contributed by atoms with Gasteiger partial charge in [-0.15, -0.1) is 0 Å². The van der Waals surface area contributed by atoms with Crippen LogP contribution in [0.3, 0.4) is 0 Å². The molecule has 0 nitrogen and oxygen atoms in total. The van der Waals surface area contributed by atoms with E-state index in [1.54, 1.807) is 5.56 Å². The predicted molar refractivity (Wildman–Crippen MR) is 96.1 cm³/mol. The van der Waals surface area contributed by atoms with E-state index in [1.165, 1.54) is 49.7 Å². The van der Waals surface area contributed by atoms with Gasteiger partial charge >= 0.3 is 0 Å². The van der Waals surface area contributed by atoms with Crippen molar-refractivity contribution in [2.75, 3.05) is 0 Å². The lowest BCUT2D eigenvalue weighted by Crippen LogP contribution is -2.23. The topological polar surface area (TPSA) is 0 Å². The molecule has 116 valence electrons. The van der Waals surface area contributed by atoms with Gasteiger partial charge in [0.1, 0.15) is 0 Å². The molecule has 3 rings (SSSR count). The maximum absolute atomic E-state index is 2.50. The normalized spacial score (nSPS) is 25.1. The van der Waals surface area contributed by atoms with Crippen molar-refractivity contribution < 1.29 is 0 Å². The third kappa shape index (κ3) is 3.27.